The summed E-state index contributed by atoms with van der Waals surface area (Å²) in [5.41, 5.74) is 3.10. The minimum absolute atomic E-state index is 0. The van der Waals surface area contributed by atoms with Gasteiger partial charge < -0.3 is 26.0 Å². The molecule has 1 aliphatic heterocycles. The fraction of sp³-hybridized carbons (Fsp3) is 0.267. The van der Waals surface area contributed by atoms with Crippen molar-refractivity contribution in [2.24, 2.45) is 0 Å². The molecule has 0 bridgehead atoms. The molecule has 1 fully saturated rings. The van der Waals surface area contributed by atoms with E-state index in [1.165, 1.54) is 48.7 Å². The Morgan fingerprint density at radius 1 is 0.771 bits per heavy atom. The number of hydrogen-bond donors (Lipinski definition) is 0. The molecule has 5 aromatic rings. The number of rotatable bonds is 6. The maximum Gasteiger partial charge on any atom is 0.139 e. The predicted molar refractivity (Wildman–Crippen MR) is 141 cm³/mol. The Balaban J connectivity index is 0.00000253. The van der Waals surface area contributed by atoms with Gasteiger partial charge in [0.2, 0.25) is 0 Å². The highest BCUT2D eigenvalue weighted by Gasteiger charge is 2.30. The van der Waals surface area contributed by atoms with Crippen molar-refractivity contribution in [3.8, 4) is 5.75 Å². The third kappa shape index (κ3) is 4.86. The monoisotopic (exact) mass is 505 g/mol. The molecule has 180 valence electrons. The van der Waals surface area contributed by atoms with Crippen LogP contribution in [0.5, 0.6) is 5.75 Å². The maximum absolute atomic E-state index is 6.29. The van der Waals surface area contributed by atoms with Crippen LogP contribution < -0.4 is 17.1 Å². The van der Waals surface area contributed by atoms with Crippen molar-refractivity contribution in [2.75, 3.05) is 26.2 Å². The summed E-state index contributed by atoms with van der Waals surface area (Å²) in [7, 11) is 0. The first kappa shape index (κ1) is 24.0. The minimum atomic E-state index is 0. The molecule has 35 heavy (non-hydrogen) atoms. The van der Waals surface area contributed by atoms with Crippen LogP contribution in [0.15, 0.2) is 83.3 Å². The molecule has 4 aromatic carbocycles. The van der Waals surface area contributed by atoms with Crippen molar-refractivity contribution >= 4 is 44.3 Å². The lowest BCUT2D eigenvalue weighted by Gasteiger charge is -2.41. The molecule has 1 aromatic heterocycles. The molecule has 3 nitrogen and oxygen atoms in total. The Morgan fingerprint density at radius 2 is 1.51 bits per heavy atom. The topological polar surface area (TPSA) is 22.4 Å². The highest BCUT2D eigenvalue weighted by atomic mass is 35.5. The van der Waals surface area contributed by atoms with E-state index in [1.807, 2.05) is 24.3 Å². The molecule has 0 amide bonds. The first-order chi connectivity index (χ1) is 16.7. The van der Waals surface area contributed by atoms with E-state index in [-0.39, 0.29) is 12.4 Å². The largest absolute Gasteiger partial charge is 1.00 e. The molecule has 1 aliphatic rings. The summed E-state index contributed by atoms with van der Waals surface area (Å²) in [6, 6.07) is 27.4. The highest BCUT2D eigenvalue weighted by molar-refractivity contribution is 6.31. The van der Waals surface area contributed by atoms with Gasteiger partial charge in [-0.2, -0.15) is 0 Å². The highest BCUT2D eigenvalue weighted by Crippen LogP contribution is 2.33. The smallest absolute Gasteiger partial charge is 0.139 e. The average molecular weight is 506 g/mol. The number of likely N-dealkylation sites (tertiary alicyclic amines) is 1. The summed E-state index contributed by atoms with van der Waals surface area (Å²) in [4.78, 5) is 0. The Hall–Kier alpha value is -2.72. The van der Waals surface area contributed by atoms with E-state index < -0.39 is 0 Å². The summed E-state index contributed by atoms with van der Waals surface area (Å²) >= 11 is 6.14. The molecular weight excluding hydrogens is 477 g/mol. The molecule has 6 rings (SSSR count). The lowest BCUT2D eigenvalue weighted by Crippen LogP contribution is -3.00. The standard InChI is InChI=1S/C30H29ClNO2.ClH/c31-24-11-13-27-28-14-12-25(20-30(28)34-29(27)19-24)33-18-17-32(15-4-1-5-16-32)21-23-9-6-8-22-7-2-3-10-26(22)23;/h2-3,6-14,19-20H,1,4-5,15-18,21H2;1H/q+1;/p-1. The summed E-state index contributed by atoms with van der Waals surface area (Å²) in [6.45, 7) is 5.21. The second-order valence-corrected chi connectivity index (χ2v) is 10.1. The van der Waals surface area contributed by atoms with Crippen molar-refractivity contribution in [3.05, 3.63) is 89.4 Å². The lowest BCUT2D eigenvalue weighted by molar-refractivity contribution is -0.945. The lowest BCUT2D eigenvalue weighted by atomic mass is 10.0. The quantitative estimate of drug-likeness (QED) is 0.304. The Morgan fingerprint density at radius 3 is 2.37 bits per heavy atom. The van der Waals surface area contributed by atoms with E-state index in [4.69, 9.17) is 20.8 Å². The van der Waals surface area contributed by atoms with Crippen LogP contribution >= 0.6 is 11.6 Å². The Kier molecular flexibility index (Phi) is 6.93. The second-order valence-electron chi connectivity index (χ2n) is 9.62. The maximum atomic E-state index is 6.29. The van der Waals surface area contributed by atoms with E-state index in [2.05, 4.69) is 54.6 Å². The van der Waals surface area contributed by atoms with Crippen LogP contribution in [0.1, 0.15) is 24.8 Å². The summed E-state index contributed by atoms with van der Waals surface area (Å²) in [6.07, 6.45) is 3.92. The molecule has 0 unspecified atom stereocenters. The molecule has 0 spiro atoms. The van der Waals surface area contributed by atoms with E-state index in [9.17, 15) is 0 Å². The number of ether oxygens (including phenoxy) is 1. The first-order valence-corrected chi connectivity index (χ1v) is 12.6. The van der Waals surface area contributed by atoms with Crippen molar-refractivity contribution < 1.29 is 26.0 Å². The van der Waals surface area contributed by atoms with E-state index in [0.29, 0.717) is 11.6 Å². The van der Waals surface area contributed by atoms with E-state index in [1.54, 1.807) is 0 Å². The van der Waals surface area contributed by atoms with Crippen LogP contribution in [0.2, 0.25) is 5.02 Å². The van der Waals surface area contributed by atoms with Gasteiger partial charge >= 0.3 is 0 Å². The molecule has 2 heterocycles. The molecule has 0 atom stereocenters. The molecule has 0 saturated carbocycles. The summed E-state index contributed by atoms with van der Waals surface area (Å²) < 4.78 is 13.4. The van der Waals surface area contributed by atoms with Gasteiger partial charge in [0, 0.05) is 33.5 Å². The predicted octanol–water partition coefficient (Wildman–Crippen LogP) is 4.98. The first-order valence-electron chi connectivity index (χ1n) is 12.3. The number of halogens is 2. The Bertz CT molecular complexity index is 1460. The number of furan rings is 1. The molecule has 0 N–H and O–H groups in total. The van der Waals surface area contributed by atoms with Gasteiger partial charge in [-0.15, -0.1) is 0 Å². The fourth-order valence-corrected chi connectivity index (χ4v) is 5.78. The molecule has 1 saturated heterocycles. The number of hydrogen-bond acceptors (Lipinski definition) is 2. The summed E-state index contributed by atoms with van der Waals surface area (Å²) in [5.74, 6) is 0.859. The average Bonchev–Trinajstić information content (AvgIpc) is 3.21. The van der Waals surface area contributed by atoms with Crippen molar-refractivity contribution in [3.63, 3.8) is 0 Å². The van der Waals surface area contributed by atoms with Crippen LogP contribution in [-0.4, -0.2) is 30.7 Å². The Labute approximate surface area is 217 Å². The zero-order chi connectivity index (χ0) is 23.0. The number of quaternary nitrogens is 1. The van der Waals surface area contributed by atoms with Gasteiger partial charge in [-0.05, 0) is 54.3 Å². The minimum Gasteiger partial charge on any atom is -1.00 e. The van der Waals surface area contributed by atoms with Crippen molar-refractivity contribution in [1.82, 2.24) is 0 Å². The number of fused-ring (bicyclic) bond motifs is 4. The van der Waals surface area contributed by atoms with Crippen molar-refractivity contribution in [1.29, 1.82) is 0 Å². The fourth-order valence-electron chi connectivity index (χ4n) is 5.61. The van der Waals surface area contributed by atoms with Gasteiger partial charge in [0.15, 0.2) is 0 Å². The van der Waals surface area contributed by atoms with Gasteiger partial charge in [-0.3, -0.25) is 0 Å². The zero-order valence-corrected chi connectivity index (χ0v) is 21.2. The van der Waals surface area contributed by atoms with Gasteiger partial charge in [0.05, 0.1) is 13.1 Å². The second kappa shape index (κ2) is 10.1. The number of piperidine rings is 1. The normalized spacial score (nSPS) is 15.3. The van der Waals surface area contributed by atoms with Crippen molar-refractivity contribution in [2.45, 2.75) is 25.8 Å². The van der Waals surface area contributed by atoms with Gasteiger partial charge in [-0.25, -0.2) is 0 Å². The van der Waals surface area contributed by atoms with E-state index in [0.717, 1.165) is 45.3 Å². The molecular formula is C30H29Cl2NO2. The number of benzene rings is 4. The van der Waals surface area contributed by atoms with Gasteiger partial charge in [0.1, 0.15) is 36.6 Å². The number of nitrogens with zero attached hydrogens (tertiary/aromatic N) is 1. The van der Waals surface area contributed by atoms with Crippen LogP contribution in [0.3, 0.4) is 0 Å². The van der Waals surface area contributed by atoms with Crippen LogP contribution in [0.4, 0.5) is 0 Å². The third-order valence-electron chi connectivity index (χ3n) is 7.39. The zero-order valence-electron chi connectivity index (χ0n) is 19.7. The van der Waals surface area contributed by atoms with Gasteiger partial charge in [0.25, 0.3) is 0 Å². The summed E-state index contributed by atoms with van der Waals surface area (Å²) in [5, 5.41) is 5.56. The van der Waals surface area contributed by atoms with Crippen LogP contribution in [0, 0.1) is 0 Å². The molecule has 0 radical (unpaired) electrons. The van der Waals surface area contributed by atoms with E-state index >= 15 is 0 Å². The van der Waals surface area contributed by atoms with Crippen LogP contribution in [0.25, 0.3) is 32.7 Å². The third-order valence-corrected chi connectivity index (χ3v) is 7.63. The van der Waals surface area contributed by atoms with Gasteiger partial charge in [-0.1, -0.05) is 54.1 Å². The van der Waals surface area contributed by atoms with Crippen LogP contribution in [-0.2, 0) is 6.54 Å². The molecule has 0 aliphatic carbocycles. The molecule has 5 heteroatoms. The SMILES string of the molecule is Clc1ccc2c(c1)oc1cc(OCC[N+]3(Cc4cccc5ccccc45)CCCCC3)ccc12.[Cl-].